The van der Waals surface area contributed by atoms with Crippen molar-refractivity contribution in [3.8, 4) is 11.5 Å². The first kappa shape index (κ1) is 29.8. The molecule has 5 heteroatoms. The van der Waals surface area contributed by atoms with Gasteiger partial charge in [-0.25, -0.2) is 0 Å². The average Bonchev–Trinajstić information content (AvgIpc) is 2.88. The van der Waals surface area contributed by atoms with Crippen LogP contribution in [0.5, 0.6) is 11.5 Å². The topological polar surface area (TPSA) is 42.0 Å². The van der Waals surface area contributed by atoms with Crippen molar-refractivity contribution in [3.05, 3.63) is 69.8 Å². The molecule has 5 nitrogen and oxygen atoms in total. The number of rotatable bonds is 10. The summed E-state index contributed by atoms with van der Waals surface area (Å²) in [5, 5.41) is 0. The van der Waals surface area contributed by atoms with Crippen LogP contribution >= 0.6 is 0 Å². The SMILES string of the molecule is CCc1cc(OC)cc(OC)c1C(C)/C=C(\C)C1(N(CC)C(C)=O)CCN(Cc2cc(C)cc(C)c2)CC1. The molecule has 1 aliphatic heterocycles. The van der Waals surface area contributed by atoms with Crippen LogP contribution in [0.2, 0.25) is 0 Å². The maximum absolute atomic E-state index is 12.9. The number of nitrogens with zero attached hydrogens (tertiary/aromatic N) is 2. The molecule has 1 heterocycles. The fraction of sp³-hybridized carbons (Fsp3) is 0.545. The summed E-state index contributed by atoms with van der Waals surface area (Å²) in [4.78, 5) is 17.6. The molecular formula is C33H48N2O3. The first-order valence-corrected chi connectivity index (χ1v) is 14.1. The lowest BCUT2D eigenvalue weighted by molar-refractivity contribution is -0.135. The van der Waals surface area contributed by atoms with Crippen LogP contribution in [0, 0.1) is 13.8 Å². The van der Waals surface area contributed by atoms with Crippen molar-refractivity contribution in [1.82, 2.24) is 9.80 Å². The van der Waals surface area contributed by atoms with Crippen molar-refractivity contribution in [2.75, 3.05) is 33.9 Å². The Kier molecular flexibility index (Phi) is 10.1. The van der Waals surface area contributed by atoms with Gasteiger partial charge in [-0.05, 0) is 64.2 Å². The number of aryl methyl sites for hydroxylation is 3. The van der Waals surface area contributed by atoms with Gasteiger partial charge in [0.2, 0.25) is 5.91 Å². The van der Waals surface area contributed by atoms with E-state index in [1.165, 1.54) is 33.4 Å². The average molecular weight is 521 g/mol. The second-order valence-electron chi connectivity index (χ2n) is 11.0. The number of hydrogen-bond donors (Lipinski definition) is 0. The van der Waals surface area contributed by atoms with Gasteiger partial charge in [0, 0.05) is 50.7 Å². The van der Waals surface area contributed by atoms with E-state index in [-0.39, 0.29) is 17.4 Å². The maximum Gasteiger partial charge on any atom is 0.220 e. The number of ether oxygens (including phenoxy) is 2. The van der Waals surface area contributed by atoms with Gasteiger partial charge >= 0.3 is 0 Å². The number of carbonyl (C=O) groups is 1. The highest BCUT2D eigenvalue weighted by Gasteiger charge is 2.42. The minimum atomic E-state index is -0.278. The van der Waals surface area contributed by atoms with Crippen molar-refractivity contribution in [2.45, 2.75) is 85.7 Å². The van der Waals surface area contributed by atoms with Crippen LogP contribution in [0.1, 0.15) is 81.2 Å². The first-order chi connectivity index (χ1) is 18.1. The minimum Gasteiger partial charge on any atom is -0.497 e. The molecule has 0 aromatic heterocycles. The largest absolute Gasteiger partial charge is 0.497 e. The second kappa shape index (κ2) is 12.8. The third kappa shape index (κ3) is 6.43. The Bertz CT molecular complexity index is 1100. The summed E-state index contributed by atoms with van der Waals surface area (Å²) < 4.78 is 11.3. The number of benzene rings is 2. The molecule has 38 heavy (non-hydrogen) atoms. The van der Waals surface area contributed by atoms with Gasteiger partial charge in [-0.3, -0.25) is 9.69 Å². The zero-order chi connectivity index (χ0) is 28.0. The molecule has 1 unspecified atom stereocenters. The van der Waals surface area contributed by atoms with Gasteiger partial charge in [-0.2, -0.15) is 0 Å². The van der Waals surface area contributed by atoms with E-state index >= 15 is 0 Å². The molecule has 2 aromatic rings. The molecule has 3 rings (SSSR count). The molecule has 0 bridgehead atoms. The summed E-state index contributed by atoms with van der Waals surface area (Å²) in [7, 11) is 3.42. The molecule has 1 aliphatic rings. The molecule has 0 N–H and O–H groups in total. The normalized spacial score (nSPS) is 16.7. The third-order valence-corrected chi connectivity index (χ3v) is 8.31. The molecule has 0 aliphatic carbocycles. The van der Waals surface area contributed by atoms with Crippen LogP contribution in [-0.4, -0.2) is 55.1 Å². The molecule has 1 fully saturated rings. The van der Waals surface area contributed by atoms with Crippen LogP contribution in [0.25, 0.3) is 0 Å². The summed E-state index contributed by atoms with van der Waals surface area (Å²) >= 11 is 0. The van der Waals surface area contributed by atoms with Crippen molar-refractivity contribution in [2.24, 2.45) is 0 Å². The number of methoxy groups -OCH3 is 2. The monoisotopic (exact) mass is 520 g/mol. The van der Waals surface area contributed by atoms with Crippen molar-refractivity contribution in [3.63, 3.8) is 0 Å². The fourth-order valence-corrected chi connectivity index (χ4v) is 6.57. The number of piperidine rings is 1. The minimum absolute atomic E-state index is 0.140. The van der Waals surface area contributed by atoms with Crippen molar-refractivity contribution in [1.29, 1.82) is 0 Å². The van der Waals surface area contributed by atoms with Gasteiger partial charge in [0.05, 0.1) is 19.8 Å². The van der Waals surface area contributed by atoms with E-state index in [0.717, 1.165) is 50.4 Å². The lowest BCUT2D eigenvalue weighted by Gasteiger charge is -2.49. The third-order valence-electron chi connectivity index (χ3n) is 8.31. The number of allylic oxidation sites excluding steroid dienone is 1. The van der Waals surface area contributed by atoms with Gasteiger partial charge in [0.1, 0.15) is 11.5 Å². The number of amides is 1. The molecular weight excluding hydrogens is 472 g/mol. The summed E-state index contributed by atoms with van der Waals surface area (Å²) in [6.45, 7) is 18.4. The van der Waals surface area contributed by atoms with Gasteiger partial charge < -0.3 is 14.4 Å². The summed E-state index contributed by atoms with van der Waals surface area (Å²) in [5.41, 5.74) is 7.42. The van der Waals surface area contributed by atoms with Crippen LogP contribution in [0.3, 0.4) is 0 Å². The van der Waals surface area contributed by atoms with E-state index in [2.05, 4.69) is 81.7 Å². The van der Waals surface area contributed by atoms with Crippen molar-refractivity contribution < 1.29 is 14.3 Å². The predicted octanol–water partition coefficient (Wildman–Crippen LogP) is 6.84. The Morgan fingerprint density at radius 3 is 2.16 bits per heavy atom. The number of carbonyl (C=O) groups excluding carboxylic acids is 1. The fourth-order valence-electron chi connectivity index (χ4n) is 6.57. The zero-order valence-electron chi connectivity index (χ0n) is 25.1. The van der Waals surface area contributed by atoms with E-state index in [0.29, 0.717) is 6.54 Å². The lowest BCUT2D eigenvalue weighted by Crippen LogP contribution is -2.57. The zero-order valence-corrected chi connectivity index (χ0v) is 25.1. The summed E-state index contributed by atoms with van der Waals surface area (Å²) in [6.07, 6.45) is 5.13. The second-order valence-corrected chi connectivity index (χ2v) is 11.0. The Morgan fingerprint density at radius 2 is 1.66 bits per heavy atom. The number of hydrogen-bond acceptors (Lipinski definition) is 4. The Morgan fingerprint density at radius 1 is 1.03 bits per heavy atom. The molecule has 0 spiro atoms. The van der Waals surface area contributed by atoms with Crippen LogP contribution in [0.4, 0.5) is 0 Å². The van der Waals surface area contributed by atoms with E-state index in [9.17, 15) is 4.79 Å². The highest BCUT2D eigenvalue weighted by molar-refractivity contribution is 5.75. The highest BCUT2D eigenvalue weighted by Crippen LogP contribution is 2.40. The summed E-state index contributed by atoms with van der Waals surface area (Å²) in [6, 6.07) is 10.9. The molecule has 1 saturated heterocycles. The first-order valence-electron chi connectivity index (χ1n) is 14.1. The van der Waals surface area contributed by atoms with Gasteiger partial charge in [0.25, 0.3) is 0 Å². The van der Waals surface area contributed by atoms with E-state index < -0.39 is 0 Å². The van der Waals surface area contributed by atoms with E-state index in [1.807, 2.05) is 6.07 Å². The Balaban J connectivity index is 1.93. The smallest absolute Gasteiger partial charge is 0.220 e. The van der Waals surface area contributed by atoms with Gasteiger partial charge in [-0.15, -0.1) is 0 Å². The van der Waals surface area contributed by atoms with Crippen LogP contribution in [-0.2, 0) is 17.8 Å². The van der Waals surface area contributed by atoms with E-state index in [1.54, 1.807) is 21.1 Å². The number of likely N-dealkylation sites (N-methyl/N-ethyl adjacent to an activating group) is 1. The quantitative estimate of drug-likeness (QED) is 0.322. The van der Waals surface area contributed by atoms with Crippen molar-refractivity contribution >= 4 is 5.91 Å². The standard InChI is InChI=1S/C33H48N2O3/c1-10-29-20-30(37-8)21-31(38-9)32(29)25(5)19-26(6)33(35(11-2)27(7)36)12-14-34(15-13-33)22-28-17-23(3)16-24(4)18-28/h16-21,25H,10-15,22H2,1-9H3/b26-19+. The Hall–Kier alpha value is -2.79. The van der Waals surface area contributed by atoms with Gasteiger partial charge in [-0.1, -0.05) is 54.8 Å². The Labute approximate surface area is 230 Å². The summed E-state index contributed by atoms with van der Waals surface area (Å²) in [5.74, 6) is 1.96. The molecule has 1 atom stereocenters. The lowest BCUT2D eigenvalue weighted by atomic mass is 9.77. The van der Waals surface area contributed by atoms with Crippen LogP contribution in [0.15, 0.2) is 42.0 Å². The predicted molar refractivity (Wildman–Crippen MR) is 157 cm³/mol. The highest BCUT2D eigenvalue weighted by atomic mass is 16.5. The molecule has 2 aromatic carbocycles. The molecule has 208 valence electrons. The number of likely N-dealkylation sites (tertiary alicyclic amines) is 1. The molecule has 0 saturated carbocycles. The van der Waals surface area contributed by atoms with Crippen LogP contribution < -0.4 is 9.47 Å². The molecule has 1 amide bonds. The van der Waals surface area contributed by atoms with E-state index in [4.69, 9.17) is 9.47 Å². The van der Waals surface area contributed by atoms with Gasteiger partial charge in [0.15, 0.2) is 0 Å². The molecule has 0 radical (unpaired) electrons. The maximum atomic E-state index is 12.9.